The summed E-state index contributed by atoms with van der Waals surface area (Å²) in [5.74, 6) is 0. The van der Waals surface area contributed by atoms with E-state index in [0.717, 1.165) is 19.3 Å². The quantitative estimate of drug-likeness (QED) is 0.401. The van der Waals surface area contributed by atoms with Crippen molar-refractivity contribution in [1.29, 1.82) is 0 Å². The number of hydrogen-bond acceptors (Lipinski definition) is 1. The Balaban J connectivity index is 3.12. The van der Waals surface area contributed by atoms with Crippen LogP contribution in [0.15, 0.2) is 24.3 Å². The topological polar surface area (TPSA) is 20.2 Å². The van der Waals surface area contributed by atoms with Crippen LogP contribution in [0.1, 0.15) is 64.7 Å². The van der Waals surface area contributed by atoms with Gasteiger partial charge >= 0.3 is 0 Å². The Bertz CT molecular complexity index is 170. The summed E-state index contributed by atoms with van der Waals surface area (Å²) < 4.78 is 0. The van der Waals surface area contributed by atoms with Crippen LogP contribution in [-0.4, -0.2) is 11.7 Å². The van der Waals surface area contributed by atoms with Crippen molar-refractivity contribution in [2.45, 2.75) is 64.7 Å². The van der Waals surface area contributed by atoms with Crippen LogP contribution in [0.3, 0.4) is 0 Å². The summed E-state index contributed by atoms with van der Waals surface area (Å²) >= 11 is 0. The molecule has 1 heteroatoms. The van der Waals surface area contributed by atoms with Gasteiger partial charge in [0.25, 0.3) is 0 Å². The highest BCUT2D eigenvalue weighted by atomic mass is 16.2. The summed E-state index contributed by atoms with van der Waals surface area (Å²) in [7, 11) is 0. The van der Waals surface area contributed by atoms with E-state index in [2.05, 4.69) is 31.2 Å². The van der Waals surface area contributed by atoms with Gasteiger partial charge in [-0.15, -0.1) is 0 Å². The van der Waals surface area contributed by atoms with E-state index in [1.165, 1.54) is 38.5 Å². The van der Waals surface area contributed by atoms with Crippen molar-refractivity contribution < 1.29 is 5.11 Å². The minimum absolute atomic E-state index is 0.304. The summed E-state index contributed by atoms with van der Waals surface area (Å²) in [6.45, 7) is 2.56. The summed E-state index contributed by atoms with van der Waals surface area (Å²) in [4.78, 5) is 0. The molecule has 0 bridgehead atoms. The number of hydrogen-bond donors (Lipinski definition) is 1. The third kappa shape index (κ3) is 13.4. The van der Waals surface area contributed by atoms with Crippen LogP contribution < -0.4 is 0 Å². The van der Waals surface area contributed by atoms with E-state index in [4.69, 9.17) is 5.11 Å². The second-order valence-electron chi connectivity index (χ2n) is 4.25. The molecule has 0 rings (SSSR count). The highest BCUT2D eigenvalue weighted by Gasteiger charge is 1.85. The van der Waals surface area contributed by atoms with Gasteiger partial charge in [0, 0.05) is 6.61 Å². The first-order valence-electron chi connectivity index (χ1n) is 6.82. The predicted molar refractivity (Wildman–Crippen MR) is 72.6 cm³/mol. The molecule has 0 aromatic rings. The second-order valence-corrected chi connectivity index (χ2v) is 4.25. The molecule has 0 saturated carbocycles. The van der Waals surface area contributed by atoms with Gasteiger partial charge in [-0.1, -0.05) is 56.9 Å². The lowest BCUT2D eigenvalue weighted by Crippen LogP contribution is -1.78. The SMILES string of the molecule is CCCCCCC/C=C/C/C=C/CCCO. The van der Waals surface area contributed by atoms with Crippen LogP contribution in [0, 0.1) is 0 Å². The zero-order valence-corrected chi connectivity index (χ0v) is 10.8. The fourth-order valence-electron chi connectivity index (χ4n) is 1.58. The average molecular weight is 224 g/mol. The van der Waals surface area contributed by atoms with Gasteiger partial charge in [0.2, 0.25) is 0 Å². The van der Waals surface area contributed by atoms with E-state index in [-0.39, 0.29) is 0 Å². The molecule has 0 saturated heterocycles. The molecule has 0 aromatic carbocycles. The molecule has 0 unspecified atom stereocenters. The normalized spacial score (nSPS) is 11.9. The lowest BCUT2D eigenvalue weighted by Gasteiger charge is -1.95. The Morgan fingerprint density at radius 2 is 1.38 bits per heavy atom. The molecule has 0 spiro atoms. The highest BCUT2D eigenvalue weighted by molar-refractivity contribution is 4.92. The van der Waals surface area contributed by atoms with Crippen molar-refractivity contribution in [3.63, 3.8) is 0 Å². The zero-order chi connectivity index (χ0) is 11.9. The zero-order valence-electron chi connectivity index (χ0n) is 10.8. The van der Waals surface area contributed by atoms with Crippen LogP contribution in [0.2, 0.25) is 0 Å². The van der Waals surface area contributed by atoms with Gasteiger partial charge in [0.15, 0.2) is 0 Å². The summed E-state index contributed by atoms with van der Waals surface area (Å²) in [5, 5.41) is 8.58. The molecular formula is C15H28O. The first-order valence-corrected chi connectivity index (χ1v) is 6.82. The lowest BCUT2D eigenvalue weighted by atomic mass is 10.1. The Hall–Kier alpha value is -0.560. The van der Waals surface area contributed by atoms with E-state index < -0.39 is 0 Å². The molecule has 94 valence electrons. The standard InChI is InChI=1S/C15H28O/c1-2-3-4-5-6-7-8-9-10-11-12-13-14-15-16/h8-9,11-12,16H,2-7,10,13-15H2,1H3/b9-8+,12-11+. The maximum Gasteiger partial charge on any atom is 0.0433 e. The molecule has 0 heterocycles. The van der Waals surface area contributed by atoms with Crippen LogP contribution in [0.5, 0.6) is 0 Å². The molecule has 0 aromatic heterocycles. The smallest absolute Gasteiger partial charge is 0.0433 e. The maximum absolute atomic E-state index is 8.58. The van der Waals surface area contributed by atoms with Crippen molar-refractivity contribution in [3.8, 4) is 0 Å². The van der Waals surface area contributed by atoms with E-state index in [0.29, 0.717) is 6.61 Å². The fraction of sp³-hybridized carbons (Fsp3) is 0.733. The molecule has 1 N–H and O–H groups in total. The van der Waals surface area contributed by atoms with Crippen LogP contribution in [0.25, 0.3) is 0 Å². The van der Waals surface area contributed by atoms with Crippen molar-refractivity contribution in [2.75, 3.05) is 6.61 Å². The van der Waals surface area contributed by atoms with Crippen molar-refractivity contribution in [1.82, 2.24) is 0 Å². The van der Waals surface area contributed by atoms with Gasteiger partial charge in [-0.05, 0) is 32.1 Å². The Morgan fingerprint density at radius 3 is 2.00 bits per heavy atom. The Labute approximate surface area is 101 Å². The molecule has 0 aliphatic carbocycles. The van der Waals surface area contributed by atoms with Gasteiger partial charge in [0.05, 0.1) is 0 Å². The van der Waals surface area contributed by atoms with E-state index in [9.17, 15) is 0 Å². The first-order chi connectivity index (χ1) is 7.91. The van der Waals surface area contributed by atoms with E-state index >= 15 is 0 Å². The molecule has 1 nitrogen and oxygen atoms in total. The van der Waals surface area contributed by atoms with Crippen molar-refractivity contribution in [3.05, 3.63) is 24.3 Å². The van der Waals surface area contributed by atoms with Crippen LogP contribution in [-0.2, 0) is 0 Å². The monoisotopic (exact) mass is 224 g/mol. The third-order valence-electron chi connectivity index (χ3n) is 2.61. The van der Waals surface area contributed by atoms with Gasteiger partial charge < -0.3 is 5.11 Å². The lowest BCUT2D eigenvalue weighted by molar-refractivity contribution is 0.289. The summed E-state index contributed by atoms with van der Waals surface area (Å²) in [6, 6.07) is 0. The van der Waals surface area contributed by atoms with Crippen LogP contribution >= 0.6 is 0 Å². The summed E-state index contributed by atoms with van der Waals surface area (Å²) in [5.41, 5.74) is 0. The number of rotatable bonds is 11. The largest absolute Gasteiger partial charge is 0.396 e. The predicted octanol–water partition coefficient (Wildman–Crippen LogP) is 4.62. The molecule has 0 aliphatic heterocycles. The van der Waals surface area contributed by atoms with Crippen molar-refractivity contribution >= 4 is 0 Å². The molecular weight excluding hydrogens is 196 g/mol. The molecule has 0 aliphatic rings. The number of aliphatic hydroxyl groups excluding tert-OH is 1. The van der Waals surface area contributed by atoms with Gasteiger partial charge in [-0.3, -0.25) is 0 Å². The highest BCUT2D eigenvalue weighted by Crippen LogP contribution is 2.05. The van der Waals surface area contributed by atoms with Gasteiger partial charge in [-0.2, -0.15) is 0 Å². The van der Waals surface area contributed by atoms with Crippen molar-refractivity contribution in [2.24, 2.45) is 0 Å². The molecule has 16 heavy (non-hydrogen) atoms. The maximum atomic E-state index is 8.58. The Kier molecular flexibility index (Phi) is 13.9. The molecule has 0 amide bonds. The van der Waals surface area contributed by atoms with E-state index in [1.54, 1.807) is 0 Å². The van der Waals surface area contributed by atoms with Gasteiger partial charge in [0.1, 0.15) is 0 Å². The second kappa shape index (κ2) is 14.4. The Morgan fingerprint density at radius 1 is 0.750 bits per heavy atom. The summed E-state index contributed by atoms with van der Waals surface area (Å²) in [6.07, 6.45) is 19.9. The fourth-order valence-corrected chi connectivity index (χ4v) is 1.58. The molecule has 0 atom stereocenters. The molecule has 0 radical (unpaired) electrons. The number of aliphatic hydroxyl groups is 1. The minimum atomic E-state index is 0.304. The average Bonchev–Trinajstić information content (AvgIpc) is 2.31. The van der Waals surface area contributed by atoms with Crippen LogP contribution in [0.4, 0.5) is 0 Å². The van der Waals surface area contributed by atoms with Gasteiger partial charge in [-0.25, -0.2) is 0 Å². The molecule has 0 fully saturated rings. The number of unbranched alkanes of at least 4 members (excludes halogenated alkanes) is 6. The first kappa shape index (κ1) is 15.4. The van der Waals surface area contributed by atoms with E-state index in [1.807, 2.05) is 0 Å². The minimum Gasteiger partial charge on any atom is -0.396 e. The third-order valence-corrected chi connectivity index (χ3v) is 2.61. The number of allylic oxidation sites excluding steroid dienone is 4.